The maximum Gasteiger partial charge on any atom is 0.280 e. The highest BCUT2D eigenvalue weighted by Crippen LogP contribution is 2.28. The van der Waals surface area contributed by atoms with Crippen molar-refractivity contribution in [2.45, 2.75) is 0 Å². The van der Waals surface area contributed by atoms with Gasteiger partial charge in [0.1, 0.15) is 11.4 Å². The zero-order valence-electron chi connectivity index (χ0n) is 14.8. The normalized spacial score (nSPS) is 10.4. The summed E-state index contributed by atoms with van der Waals surface area (Å²) in [7, 11) is 1.41. The second-order valence-electron chi connectivity index (χ2n) is 5.68. The standard InChI is InChI=1S/C18H13ClN4O6/c1-29-15-5-3-2-4-13(15)22-16(25)9-14(24)17(21-22)18(26)20-12-7-6-10(23(27)28)8-11(12)19/h2-9,24H,1H3,(H,20,26). The number of nitrogens with zero attached hydrogens (tertiary/aromatic N) is 3. The molecule has 3 aromatic rings. The van der Waals surface area contributed by atoms with Gasteiger partial charge in [-0.1, -0.05) is 23.7 Å². The number of carbonyl (C=O) groups is 1. The highest BCUT2D eigenvalue weighted by atomic mass is 35.5. The van der Waals surface area contributed by atoms with Crippen molar-refractivity contribution in [1.29, 1.82) is 0 Å². The van der Waals surface area contributed by atoms with E-state index in [0.717, 1.165) is 22.9 Å². The van der Waals surface area contributed by atoms with Gasteiger partial charge in [0.15, 0.2) is 11.4 Å². The number of hydrogen-bond donors (Lipinski definition) is 2. The second-order valence-corrected chi connectivity index (χ2v) is 6.08. The number of nitrogens with one attached hydrogen (secondary N) is 1. The van der Waals surface area contributed by atoms with Gasteiger partial charge >= 0.3 is 0 Å². The lowest BCUT2D eigenvalue weighted by Gasteiger charge is -2.12. The molecule has 0 unspecified atom stereocenters. The number of para-hydroxylation sites is 2. The highest BCUT2D eigenvalue weighted by molar-refractivity contribution is 6.34. The molecule has 0 aliphatic heterocycles. The van der Waals surface area contributed by atoms with Crippen molar-refractivity contribution in [3.63, 3.8) is 0 Å². The van der Waals surface area contributed by atoms with E-state index < -0.39 is 27.8 Å². The Kier molecular flexibility index (Phi) is 5.46. The maximum atomic E-state index is 12.6. The average Bonchev–Trinajstić information content (AvgIpc) is 2.69. The molecule has 11 heteroatoms. The summed E-state index contributed by atoms with van der Waals surface area (Å²) in [5, 5.41) is 27.1. The van der Waals surface area contributed by atoms with Gasteiger partial charge in [0, 0.05) is 18.2 Å². The van der Waals surface area contributed by atoms with Crippen LogP contribution in [0.4, 0.5) is 11.4 Å². The number of nitro benzene ring substituents is 1. The number of halogens is 1. The lowest BCUT2D eigenvalue weighted by Crippen LogP contribution is -2.25. The monoisotopic (exact) mass is 416 g/mol. The number of hydrogen-bond acceptors (Lipinski definition) is 7. The van der Waals surface area contributed by atoms with Gasteiger partial charge in [-0.15, -0.1) is 0 Å². The molecule has 0 fully saturated rings. The number of carbonyl (C=O) groups excluding carboxylic acids is 1. The fourth-order valence-corrected chi connectivity index (χ4v) is 2.71. The Morgan fingerprint density at radius 1 is 1.28 bits per heavy atom. The molecule has 0 aliphatic rings. The van der Waals surface area contributed by atoms with Crippen LogP contribution in [0.5, 0.6) is 11.5 Å². The summed E-state index contributed by atoms with van der Waals surface area (Å²) in [6.07, 6.45) is 0. The molecule has 0 saturated heterocycles. The molecule has 2 aromatic carbocycles. The van der Waals surface area contributed by atoms with Crippen LogP contribution in [-0.4, -0.2) is 32.8 Å². The summed E-state index contributed by atoms with van der Waals surface area (Å²) in [6, 6.07) is 10.8. The number of ether oxygens (including phenoxy) is 1. The maximum absolute atomic E-state index is 12.6. The SMILES string of the molecule is COc1ccccc1-n1nc(C(=O)Nc2ccc([N+](=O)[O-])cc2Cl)c(O)cc1=O. The summed E-state index contributed by atoms with van der Waals surface area (Å²) >= 11 is 5.96. The van der Waals surface area contributed by atoms with Gasteiger partial charge in [0.25, 0.3) is 17.2 Å². The van der Waals surface area contributed by atoms with E-state index in [4.69, 9.17) is 16.3 Å². The largest absolute Gasteiger partial charge is 0.505 e. The Labute approximate surface area is 168 Å². The zero-order chi connectivity index (χ0) is 21.1. The molecule has 1 aromatic heterocycles. The number of benzene rings is 2. The van der Waals surface area contributed by atoms with Crippen LogP contribution >= 0.6 is 11.6 Å². The van der Waals surface area contributed by atoms with E-state index in [1.165, 1.54) is 13.2 Å². The summed E-state index contributed by atoms with van der Waals surface area (Å²) in [6.45, 7) is 0. The summed E-state index contributed by atoms with van der Waals surface area (Å²) < 4.78 is 6.10. The lowest BCUT2D eigenvalue weighted by atomic mass is 10.2. The first-order valence-corrected chi connectivity index (χ1v) is 8.41. The smallest absolute Gasteiger partial charge is 0.280 e. The number of nitro groups is 1. The number of aromatic hydroxyl groups is 1. The average molecular weight is 417 g/mol. The molecule has 0 spiro atoms. The summed E-state index contributed by atoms with van der Waals surface area (Å²) in [5.74, 6) is -1.18. The third-order valence-corrected chi connectivity index (χ3v) is 4.16. The number of rotatable bonds is 5. The lowest BCUT2D eigenvalue weighted by molar-refractivity contribution is -0.384. The van der Waals surface area contributed by atoms with Gasteiger partial charge in [-0.25, -0.2) is 0 Å². The Morgan fingerprint density at radius 3 is 2.66 bits per heavy atom. The first-order chi connectivity index (χ1) is 13.8. The molecule has 2 N–H and O–H groups in total. The molecule has 0 aliphatic carbocycles. The molecule has 10 nitrogen and oxygen atoms in total. The molecular weight excluding hydrogens is 404 g/mol. The highest BCUT2D eigenvalue weighted by Gasteiger charge is 2.20. The van der Waals surface area contributed by atoms with Gasteiger partial charge < -0.3 is 15.2 Å². The Bertz CT molecular complexity index is 1180. The van der Waals surface area contributed by atoms with E-state index in [0.29, 0.717) is 5.75 Å². The third-order valence-electron chi connectivity index (χ3n) is 3.85. The van der Waals surface area contributed by atoms with Crippen molar-refractivity contribution in [2.75, 3.05) is 12.4 Å². The molecule has 29 heavy (non-hydrogen) atoms. The van der Waals surface area contributed by atoms with Crippen LogP contribution < -0.4 is 15.6 Å². The predicted molar refractivity (Wildman–Crippen MR) is 104 cm³/mol. The molecule has 0 saturated carbocycles. The van der Waals surface area contributed by atoms with Crippen LogP contribution in [0.3, 0.4) is 0 Å². The van der Waals surface area contributed by atoms with E-state index in [-0.39, 0.29) is 22.1 Å². The first kappa shape index (κ1) is 19.8. The van der Waals surface area contributed by atoms with Crippen molar-refractivity contribution >= 4 is 28.9 Å². The molecule has 0 bridgehead atoms. The van der Waals surface area contributed by atoms with Crippen LogP contribution in [0.1, 0.15) is 10.5 Å². The van der Waals surface area contributed by atoms with Crippen LogP contribution in [0.15, 0.2) is 53.3 Å². The first-order valence-electron chi connectivity index (χ1n) is 8.04. The Balaban J connectivity index is 2.00. The van der Waals surface area contributed by atoms with E-state index in [9.17, 15) is 24.8 Å². The van der Waals surface area contributed by atoms with E-state index >= 15 is 0 Å². The molecule has 3 rings (SSSR count). The second kappa shape index (κ2) is 7.98. The number of amides is 1. The van der Waals surface area contributed by atoms with Gasteiger partial charge in [-0.3, -0.25) is 19.7 Å². The van der Waals surface area contributed by atoms with Crippen molar-refractivity contribution in [3.8, 4) is 17.2 Å². The zero-order valence-corrected chi connectivity index (χ0v) is 15.6. The van der Waals surface area contributed by atoms with E-state index in [1.807, 2.05) is 0 Å². The fraction of sp³-hybridized carbons (Fsp3) is 0.0556. The fourth-order valence-electron chi connectivity index (χ4n) is 2.49. The van der Waals surface area contributed by atoms with Crippen molar-refractivity contribution < 1.29 is 19.6 Å². The van der Waals surface area contributed by atoms with Crippen molar-refractivity contribution in [2.24, 2.45) is 0 Å². The minimum Gasteiger partial charge on any atom is -0.505 e. The van der Waals surface area contributed by atoms with Crippen LogP contribution in [-0.2, 0) is 0 Å². The molecule has 1 heterocycles. The minimum atomic E-state index is -0.873. The van der Waals surface area contributed by atoms with Crippen LogP contribution in [0.2, 0.25) is 5.02 Å². The van der Waals surface area contributed by atoms with Gasteiger partial charge in [0.2, 0.25) is 0 Å². The molecular formula is C18H13ClN4O6. The van der Waals surface area contributed by atoms with Crippen molar-refractivity contribution in [1.82, 2.24) is 9.78 Å². The van der Waals surface area contributed by atoms with Crippen LogP contribution in [0, 0.1) is 10.1 Å². The van der Waals surface area contributed by atoms with Crippen LogP contribution in [0.25, 0.3) is 5.69 Å². The Hall–Kier alpha value is -3.92. The minimum absolute atomic E-state index is 0.0681. The van der Waals surface area contributed by atoms with Gasteiger partial charge in [0.05, 0.1) is 22.7 Å². The number of non-ortho nitro benzene ring substituents is 1. The Morgan fingerprint density at radius 2 is 2.00 bits per heavy atom. The van der Waals surface area contributed by atoms with Gasteiger partial charge in [-0.05, 0) is 18.2 Å². The number of methoxy groups -OCH3 is 1. The quantitative estimate of drug-likeness (QED) is 0.482. The number of aromatic nitrogens is 2. The topological polar surface area (TPSA) is 137 Å². The van der Waals surface area contributed by atoms with E-state index in [2.05, 4.69) is 10.4 Å². The summed E-state index contributed by atoms with van der Waals surface area (Å²) in [5.41, 5.74) is -1.05. The molecule has 0 atom stereocenters. The van der Waals surface area contributed by atoms with Crippen molar-refractivity contribution in [3.05, 3.63) is 79.7 Å². The summed E-state index contributed by atoms with van der Waals surface area (Å²) in [4.78, 5) is 35.0. The number of anilines is 1. The molecule has 1 amide bonds. The third kappa shape index (κ3) is 4.01. The molecule has 148 valence electrons. The molecule has 0 radical (unpaired) electrons. The van der Waals surface area contributed by atoms with E-state index in [1.54, 1.807) is 24.3 Å². The van der Waals surface area contributed by atoms with Gasteiger partial charge in [-0.2, -0.15) is 9.78 Å². The predicted octanol–water partition coefficient (Wildman–Crippen LogP) is 2.76.